The number of rotatable bonds is 13. The van der Waals surface area contributed by atoms with Gasteiger partial charge >= 0.3 is 0 Å². The zero-order valence-electron chi connectivity index (χ0n) is 27.0. The number of carbonyl (C=O) groups excluding carboxylic acids is 2. The van der Waals surface area contributed by atoms with E-state index >= 15 is 0 Å². The fraction of sp³-hybridized carbons (Fsp3) is 0.316. The van der Waals surface area contributed by atoms with Crippen molar-refractivity contribution in [2.75, 3.05) is 18.0 Å². The van der Waals surface area contributed by atoms with Crippen LogP contribution in [0.2, 0.25) is 0 Å². The van der Waals surface area contributed by atoms with E-state index in [-0.39, 0.29) is 29.8 Å². The highest BCUT2D eigenvalue weighted by molar-refractivity contribution is 7.92. The number of carbonyl (C=O) groups is 2. The molecule has 1 aliphatic carbocycles. The van der Waals surface area contributed by atoms with Crippen molar-refractivity contribution in [2.45, 2.75) is 69.0 Å². The maximum Gasteiger partial charge on any atom is 0.264 e. The largest absolute Gasteiger partial charge is 0.497 e. The molecule has 8 nitrogen and oxygen atoms in total. The molecule has 0 aromatic heterocycles. The van der Waals surface area contributed by atoms with Crippen LogP contribution in [0.5, 0.6) is 5.75 Å². The molecule has 1 saturated carbocycles. The summed E-state index contributed by atoms with van der Waals surface area (Å²) in [4.78, 5) is 30.5. The van der Waals surface area contributed by atoms with Gasteiger partial charge in [-0.2, -0.15) is 0 Å². The van der Waals surface area contributed by atoms with Crippen LogP contribution >= 0.6 is 0 Å². The first kappa shape index (κ1) is 33.7. The lowest BCUT2D eigenvalue weighted by molar-refractivity contribution is -0.140. The van der Waals surface area contributed by atoms with E-state index in [2.05, 4.69) is 5.32 Å². The summed E-state index contributed by atoms with van der Waals surface area (Å²) >= 11 is 0. The Labute approximate surface area is 278 Å². The summed E-state index contributed by atoms with van der Waals surface area (Å²) < 4.78 is 34.7. The van der Waals surface area contributed by atoms with Crippen molar-refractivity contribution >= 4 is 27.5 Å². The van der Waals surface area contributed by atoms with Crippen LogP contribution in [0.1, 0.15) is 48.8 Å². The van der Waals surface area contributed by atoms with Crippen molar-refractivity contribution in [2.24, 2.45) is 0 Å². The van der Waals surface area contributed by atoms with Crippen molar-refractivity contribution in [1.29, 1.82) is 0 Å². The molecule has 0 aliphatic heterocycles. The predicted molar refractivity (Wildman–Crippen MR) is 185 cm³/mol. The van der Waals surface area contributed by atoms with Gasteiger partial charge in [-0.15, -0.1) is 0 Å². The van der Waals surface area contributed by atoms with E-state index in [0.29, 0.717) is 11.4 Å². The van der Waals surface area contributed by atoms with Crippen molar-refractivity contribution in [1.82, 2.24) is 10.2 Å². The summed E-state index contributed by atoms with van der Waals surface area (Å²) in [7, 11) is -2.63. The number of anilines is 1. The Hall–Kier alpha value is -4.63. The number of nitrogens with one attached hydrogen (secondary N) is 1. The number of hydrogen-bond donors (Lipinski definition) is 1. The van der Waals surface area contributed by atoms with E-state index in [9.17, 15) is 18.0 Å². The second-order valence-electron chi connectivity index (χ2n) is 12.1. The average molecular weight is 654 g/mol. The zero-order chi connectivity index (χ0) is 33.2. The SMILES string of the molecule is COc1ccc(N(CC(=O)N(Cc2cccc(C)c2)C(Cc2ccccc2)C(=O)NC2CCCCC2)S(=O)(=O)c2ccccc2)cc1. The Morgan fingerprint density at radius 2 is 1.47 bits per heavy atom. The quantitative estimate of drug-likeness (QED) is 0.183. The van der Waals surface area contributed by atoms with Crippen molar-refractivity contribution < 1.29 is 22.7 Å². The summed E-state index contributed by atoms with van der Waals surface area (Å²) in [6.07, 6.45) is 5.33. The first-order valence-corrected chi connectivity index (χ1v) is 17.6. The monoisotopic (exact) mass is 653 g/mol. The van der Waals surface area contributed by atoms with Gasteiger partial charge in [-0.25, -0.2) is 8.42 Å². The molecule has 47 heavy (non-hydrogen) atoms. The normalized spacial score (nSPS) is 14.2. The van der Waals surface area contributed by atoms with Gasteiger partial charge in [0.15, 0.2) is 0 Å². The minimum Gasteiger partial charge on any atom is -0.497 e. The standard InChI is InChI=1S/C38H43N3O5S/c1-29-13-12-16-31(25-29)27-40(36(26-30-14-6-3-7-15-30)38(43)39-32-17-8-4-9-18-32)37(42)28-41(33-21-23-34(46-2)24-22-33)47(44,45)35-19-10-5-11-20-35/h3,5-7,10-16,19-25,32,36H,4,8-9,17-18,26-28H2,1-2H3,(H,39,43). The minimum absolute atomic E-state index is 0.0414. The molecule has 246 valence electrons. The molecule has 9 heteroatoms. The smallest absolute Gasteiger partial charge is 0.264 e. The van der Waals surface area contributed by atoms with Crippen molar-refractivity contribution in [3.05, 3.63) is 126 Å². The second-order valence-corrected chi connectivity index (χ2v) is 13.9. The molecule has 4 aromatic carbocycles. The van der Waals surface area contributed by atoms with Gasteiger partial charge in [0.1, 0.15) is 18.3 Å². The first-order valence-electron chi connectivity index (χ1n) is 16.2. The van der Waals surface area contributed by atoms with Crippen molar-refractivity contribution in [3.63, 3.8) is 0 Å². The first-order chi connectivity index (χ1) is 22.7. The molecule has 1 aliphatic rings. The molecular formula is C38H43N3O5S. The minimum atomic E-state index is -4.16. The molecule has 2 amide bonds. The molecular weight excluding hydrogens is 611 g/mol. The van der Waals surface area contributed by atoms with Gasteiger partial charge in [-0.1, -0.05) is 97.6 Å². The maximum absolute atomic E-state index is 14.7. The Bertz CT molecular complexity index is 1720. The van der Waals surface area contributed by atoms with Crippen LogP contribution in [-0.4, -0.2) is 50.9 Å². The molecule has 0 spiro atoms. The number of hydrogen-bond acceptors (Lipinski definition) is 5. The molecule has 5 rings (SSSR count). The maximum atomic E-state index is 14.7. The van der Waals surface area contributed by atoms with Gasteiger partial charge in [0.25, 0.3) is 10.0 Å². The fourth-order valence-electron chi connectivity index (χ4n) is 6.10. The lowest BCUT2D eigenvalue weighted by atomic mass is 9.94. The van der Waals surface area contributed by atoms with E-state index in [4.69, 9.17) is 4.74 Å². The van der Waals surface area contributed by atoms with E-state index in [1.165, 1.54) is 19.2 Å². The van der Waals surface area contributed by atoms with Crippen LogP contribution in [0.4, 0.5) is 5.69 Å². The number of methoxy groups -OCH3 is 1. The van der Waals surface area contributed by atoms with Crippen LogP contribution in [0.15, 0.2) is 114 Å². The lowest BCUT2D eigenvalue weighted by Crippen LogP contribution is -2.55. The Balaban J connectivity index is 1.56. The van der Waals surface area contributed by atoms with Crippen LogP contribution in [-0.2, 0) is 32.6 Å². The van der Waals surface area contributed by atoms with Gasteiger partial charge in [-0.3, -0.25) is 13.9 Å². The highest BCUT2D eigenvalue weighted by Crippen LogP contribution is 2.27. The van der Waals surface area contributed by atoms with Gasteiger partial charge in [0.05, 0.1) is 17.7 Å². The number of amides is 2. The summed E-state index contributed by atoms with van der Waals surface area (Å²) in [6, 6.07) is 31.2. The van der Waals surface area contributed by atoms with Crippen LogP contribution in [0.25, 0.3) is 0 Å². The molecule has 0 bridgehead atoms. The number of sulfonamides is 1. The van der Waals surface area contributed by atoms with Gasteiger partial charge in [0, 0.05) is 19.0 Å². The molecule has 4 aromatic rings. The molecule has 1 fully saturated rings. The van der Waals surface area contributed by atoms with E-state index in [0.717, 1.165) is 53.1 Å². The fourth-order valence-corrected chi connectivity index (χ4v) is 7.54. The van der Waals surface area contributed by atoms with Gasteiger partial charge in [-0.05, 0) is 67.3 Å². The zero-order valence-corrected chi connectivity index (χ0v) is 27.9. The van der Waals surface area contributed by atoms with Crippen LogP contribution in [0, 0.1) is 6.92 Å². The topological polar surface area (TPSA) is 96.0 Å². The number of aryl methyl sites for hydroxylation is 1. The Morgan fingerprint density at radius 1 is 0.830 bits per heavy atom. The van der Waals surface area contributed by atoms with Crippen LogP contribution in [0.3, 0.4) is 0 Å². The predicted octanol–water partition coefficient (Wildman–Crippen LogP) is 6.29. The van der Waals surface area contributed by atoms with Crippen LogP contribution < -0.4 is 14.4 Å². The number of nitrogens with zero attached hydrogens (tertiary/aromatic N) is 2. The molecule has 0 heterocycles. The van der Waals surface area contributed by atoms with E-state index in [1.807, 2.05) is 61.5 Å². The molecule has 1 unspecified atom stereocenters. The Morgan fingerprint density at radius 3 is 2.11 bits per heavy atom. The molecule has 0 saturated heterocycles. The summed E-state index contributed by atoms with van der Waals surface area (Å²) in [5.41, 5.74) is 3.09. The third-order valence-electron chi connectivity index (χ3n) is 8.63. The van der Waals surface area contributed by atoms with E-state index < -0.39 is 28.5 Å². The number of benzene rings is 4. The van der Waals surface area contributed by atoms with Gasteiger partial charge in [0.2, 0.25) is 11.8 Å². The third kappa shape index (κ3) is 8.80. The summed E-state index contributed by atoms with van der Waals surface area (Å²) in [5.74, 6) is -0.161. The third-order valence-corrected chi connectivity index (χ3v) is 10.4. The van der Waals surface area contributed by atoms with Crippen molar-refractivity contribution in [3.8, 4) is 5.75 Å². The molecule has 1 atom stereocenters. The highest BCUT2D eigenvalue weighted by Gasteiger charge is 2.35. The van der Waals surface area contributed by atoms with E-state index in [1.54, 1.807) is 47.4 Å². The Kier molecular flexibility index (Phi) is 11.3. The lowest BCUT2D eigenvalue weighted by Gasteiger charge is -2.35. The second kappa shape index (κ2) is 15.8. The average Bonchev–Trinajstić information content (AvgIpc) is 3.10. The highest BCUT2D eigenvalue weighted by atomic mass is 32.2. The molecule has 0 radical (unpaired) electrons. The summed E-state index contributed by atoms with van der Waals surface area (Å²) in [6.45, 7) is 1.61. The summed E-state index contributed by atoms with van der Waals surface area (Å²) in [5, 5.41) is 3.25. The number of ether oxygens (including phenoxy) is 1. The van der Waals surface area contributed by atoms with Gasteiger partial charge < -0.3 is 15.0 Å². The molecule has 1 N–H and O–H groups in total.